The molecule has 2 aromatic heterocycles. The summed E-state index contributed by atoms with van der Waals surface area (Å²) in [5, 5.41) is 5.35. The molecule has 0 fully saturated rings. The van der Waals surface area contributed by atoms with Crippen molar-refractivity contribution in [1.29, 1.82) is 0 Å². The van der Waals surface area contributed by atoms with Crippen LogP contribution in [0.3, 0.4) is 0 Å². The van der Waals surface area contributed by atoms with Crippen LogP contribution in [0.4, 0.5) is 0 Å². The monoisotopic (exact) mass is 292 g/mol. The molecule has 0 saturated heterocycles. The molecule has 0 saturated carbocycles. The lowest BCUT2D eigenvalue weighted by Crippen LogP contribution is -2.20. The Bertz CT molecular complexity index is 515. The molecule has 0 amide bonds. The maximum atomic E-state index is 5.87. The highest BCUT2D eigenvalue weighted by atomic mass is 32.1. The van der Waals surface area contributed by atoms with Gasteiger partial charge in [0.1, 0.15) is 12.4 Å². The standard InChI is InChI=1S/C15H20N2O2S/c1-12-5-6-15(19-11-13-4-3-9-20-13)14(17-12)10-16-7-8-18-2/h3-6,9,16H,7-8,10-11H2,1-2H3. The Labute approximate surface area is 123 Å². The average molecular weight is 292 g/mol. The molecule has 0 bridgehead atoms. The van der Waals surface area contributed by atoms with Crippen molar-refractivity contribution >= 4 is 11.3 Å². The fourth-order valence-electron chi connectivity index (χ4n) is 1.78. The zero-order valence-corrected chi connectivity index (χ0v) is 12.7. The lowest BCUT2D eigenvalue weighted by Gasteiger charge is -2.11. The van der Waals surface area contributed by atoms with Gasteiger partial charge in [0.05, 0.1) is 12.3 Å². The fourth-order valence-corrected chi connectivity index (χ4v) is 2.40. The van der Waals surface area contributed by atoms with Crippen LogP contribution < -0.4 is 10.1 Å². The van der Waals surface area contributed by atoms with Crippen LogP contribution in [-0.2, 0) is 17.9 Å². The molecule has 1 N–H and O–H groups in total. The highest BCUT2D eigenvalue weighted by Crippen LogP contribution is 2.19. The third-order valence-electron chi connectivity index (χ3n) is 2.80. The number of nitrogens with one attached hydrogen (secondary N) is 1. The van der Waals surface area contributed by atoms with Gasteiger partial charge in [0.2, 0.25) is 0 Å². The van der Waals surface area contributed by atoms with Gasteiger partial charge in [-0.3, -0.25) is 4.98 Å². The molecule has 0 aliphatic heterocycles. The van der Waals surface area contributed by atoms with Crippen molar-refractivity contribution < 1.29 is 9.47 Å². The molecule has 0 aliphatic carbocycles. The van der Waals surface area contributed by atoms with Gasteiger partial charge < -0.3 is 14.8 Å². The summed E-state index contributed by atoms with van der Waals surface area (Å²) >= 11 is 1.70. The van der Waals surface area contributed by atoms with Crippen molar-refractivity contribution in [3.05, 3.63) is 45.9 Å². The molecule has 0 unspecified atom stereocenters. The van der Waals surface area contributed by atoms with Gasteiger partial charge in [0.25, 0.3) is 0 Å². The Morgan fingerprint density at radius 1 is 1.30 bits per heavy atom. The van der Waals surface area contributed by atoms with Gasteiger partial charge in [0, 0.05) is 30.8 Å². The number of methoxy groups -OCH3 is 1. The van der Waals surface area contributed by atoms with E-state index in [1.54, 1.807) is 18.4 Å². The second kappa shape index (κ2) is 7.99. The summed E-state index contributed by atoms with van der Waals surface area (Å²) in [4.78, 5) is 5.76. The SMILES string of the molecule is COCCNCc1nc(C)ccc1OCc1cccs1. The molecule has 2 heterocycles. The normalized spacial score (nSPS) is 10.7. The number of nitrogens with zero attached hydrogens (tertiary/aromatic N) is 1. The van der Waals surface area contributed by atoms with E-state index in [2.05, 4.69) is 21.7 Å². The molecule has 0 atom stereocenters. The van der Waals surface area contributed by atoms with E-state index in [1.165, 1.54) is 4.88 Å². The number of hydrogen-bond acceptors (Lipinski definition) is 5. The van der Waals surface area contributed by atoms with Crippen molar-refractivity contribution in [3.8, 4) is 5.75 Å². The Hall–Kier alpha value is -1.43. The minimum atomic E-state index is 0.591. The largest absolute Gasteiger partial charge is 0.486 e. The zero-order chi connectivity index (χ0) is 14.2. The minimum Gasteiger partial charge on any atom is -0.486 e. The molecular formula is C15H20N2O2S. The zero-order valence-electron chi connectivity index (χ0n) is 11.9. The van der Waals surface area contributed by atoms with Crippen molar-refractivity contribution in [1.82, 2.24) is 10.3 Å². The molecule has 5 heteroatoms. The van der Waals surface area contributed by atoms with Gasteiger partial charge in [-0.1, -0.05) is 6.07 Å². The van der Waals surface area contributed by atoms with Crippen LogP contribution in [0.1, 0.15) is 16.3 Å². The van der Waals surface area contributed by atoms with Gasteiger partial charge >= 0.3 is 0 Å². The van der Waals surface area contributed by atoms with Crippen LogP contribution in [-0.4, -0.2) is 25.2 Å². The quantitative estimate of drug-likeness (QED) is 0.760. The highest BCUT2D eigenvalue weighted by Gasteiger charge is 2.06. The van der Waals surface area contributed by atoms with Crippen molar-refractivity contribution in [2.75, 3.05) is 20.3 Å². The summed E-state index contributed by atoms with van der Waals surface area (Å²) in [5.41, 5.74) is 1.94. The Morgan fingerprint density at radius 2 is 2.20 bits per heavy atom. The first-order chi connectivity index (χ1) is 9.79. The first-order valence-corrected chi connectivity index (χ1v) is 7.49. The van der Waals surface area contributed by atoms with E-state index in [1.807, 2.05) is 25.1 Å². The fraction of sp³-hybridized carbons (Fsp3) is 0.400. The van der Waals surface area contributed by atoms with Crippen LogP contribution in [0.5, 0.6) is 5.75 Å². The second-order valence-corrected chi connectivity index (χ2v) is 5.47. The molecule has 108 valence electrons. The molecule has 0 aromatic carbocycles. The molecule has 2 aromatic rings. The lowest BCUT2D eigenvalue weighted by molar-refractivity contribution is 0.198. The molecule has 0 aliphatic rings. The third-order valence-corrected chi connectivity index (χ3v) is 3.65. The van der Waals surface area contributed by atoms with Crippen molar-refractivity contribution in [2.24, 2.45) is 0 Å². The summed E-state index contributed by atoms with van der Waals surface area (Å²) in [6, 6.07) is 8.07. The topological polar surface area (TPSA) is 43.4 Å². The predicted molar refractivity (Wildman–Crippen MR) is 81.2 cm³/mol. The smallest absolute Gasteiger partial charge is 0.142 e. The number of rotatable bonds is 8. The molecule has 0 spiro atoms. The van der Waals surface area contributed by atoms with E-state index in [4.69, 9.17) is 9.47 Å². The van der Waals surface area contributed by atoms with Gasteiger partial charge in [-0.15, -0.1) is 11.3 Å². The second-order valence-electron chi connectivity index (χ2n) is 4.44. The van der Waals surface area contributed by atoms with Gasteiger partial charge in [-0.05, 0) is 30.5 Å². The summed E-state index contributed by atoms with van der Waals surface area (Å²) < 4.78 is 10.9. The van der Waals surface area contributed by atoms with Crippen LogP contribution in [0.25, 0.3) is 0 Å². The highest BCUT2D eigenvalue weighted by molar-refractivity contribution is 7.09. The Morgan fingerprint density at radius 3 is 2.95 bits per heavy atom. The van der Waals surface area contributed by atoms with E-state index < -0.39 is 0 Å². The van der Waals surface area contributed by atoms with Crippen molar-refractivity contribution in [2.45, 2.75) is 20.1 Å². The Kier molecular flexibility index (Phi) is 5.98. The number of aromatic nitrogens is 1. The van der Waals surface area contributed by atoms with Gasteiger partial charge in [-0.2, -0.15) is 0 Å². The van der Waals surface area contributed by atoms with E-state index in [9.17, 15) is 0 Å². The van der Waals surface area contributed by atoms with Crippen LogP contribution in [0, 0.1) is 6.92 Å². The van der Waals surface area contributed by atoms with Crippen LogP contribution >= 0.6 is 11.3 Å². The molecule has 4 nitrogen and oxygen atoms in total. The third kappa shape index (κ3) is 4.59. The van der Waals surface area contributed by atoms with Gasteiger partial charge in [0.15, 0.2) is 0 Å². The number of ether oxygens (including phenoxy) is 2. The minimum absolute atomic E-state index is 0.591. The maximum absolute atomic E-state index is 5.87. The summed E-state index contributed by atoms with van der Waals surface area (Å²) in [5.74, 6) is 0.842. The van der Waals surface area contributed by atoms with Crippen LogP contribution in [0.2, 0.25) is 0 Å². The van der Waals surface area contributed by atoms with E-state index >= 15 is 0 Å². The summed E-state index contributed by atoms with van der Waals surface area (Å²) in [7, 11) is 1.70. The van der Waals surface area contributed by atoms with E-state index in [0.29, 0.717) is 19.8 Å². The molecule has 20 heavy (non-hydrogen) atoms. The number of pyridine rings is 1. The summed E-state index contributed by atoms with van der Waals surface area (Å²) in [6.07, 6.45) is 0. The molecular weight excluding hydrogens is 272 g/mol. The van der Waals surface area contributed by atoms with Gasteiger partial charge in [-0.25, -0.2) is 0 Å². The van der Waals surface area contributed by atoms with Crippen molar-refractivity contribution in [3.63, 3.8) is 0 Å². The first kappa shape index (κ1) is 15.0. The average Bonchev–Trinajstić information content (AvgIpc) is 2.96. The lowest BCUT2D eigenvalue weighted by atomic mass is 10.3. The Balaban J connectivity index is 1.95. The molecule has 0 radical (unpaired) electrons. The first-order valence-electron chi connectivity index (χ1n) is 6.61. The molecule has 2 rings (SSSR count). The van der Waals surface area contributed by atoms with Crippen LogP contribution in [0.15, 0.2) is 29.6 Å². The number of thiophene rings is 1. The maximum Gasteiger partial charge on any atom is 0.142 e. The number of hydrogen-bond donors (Lipinski definition) is 1. The van der Waals surface area contributed by atoms with E-state index in [0.717, 1.165) is 23.7 Å². The summed E-state index contributed by atoms with van der Waals surface area (Å²) in [6.45, 7) is 4.76. The number of aryl methyl sites for hydroxylation is 1. The van der Waals surface area contributed by atoms with E-state index in [-0.39, 0.29) is 0 Å². The predicted octanol–water partition coefficient (Wildman–Crippen LogP) is 2.77.